The lowest BCUT2D eigenvalue weighted by Gasteiger charge is -2.33. The van der Waals surface area contributed by atoms with Crippen molar-refractivity contribution in [2.24, 2.45) is 5.92 Å². The number of likely N-dealkylation sites (tertiary alicyclic amines) is 1. The van der Waals surface area contributed by atoms with Crippen LogP contribution in [0.5, 0.6) is 0 Å². The second-order valence-corrected chi connectivity index (χ2v) is 10.3. The van der Waals surface area contributed by atoms with Gasteiger partial charge in [0.05, 0.1) is 18.7 Å². The molecule has 3 amide bonds. The van der Waals surface area contributed by atoms with Crippen molar-refractivity contribution in [1.29, 1.82) is 0 Å². The summed E-state index contributed by atoms with van der Waals surface area (Å²) >= 11 is 0. The van der Waals surface area contributed by atoms with Crippen LogP contribution in [0.2, 0.25) is 0 Å². The Morgan fingerprint density at radius 1 is 1.05 bits per heavy atom. The number of benzene rings is 1. The third-order valence-electron chi connectivity index (χ3n) is 7.71. The van der Waals surface area contributed by atoms with Crippen LogP contribution in [0.25, 0.3) is 11.2 Å². The molecular formula is C27H32N6O4. The number of pyridine rings is 1. The number of nitrogens with zero attached hydrogens (tertiary/aromatic N) is 4. The molecule has 37 heavy (non-hydrogen) atoms. The zero-order valence-corrected chi connectivity index (χ0v) is 20.7. The lowest BCUT2D eigenvalue weighted by molar-refractivity contribution is -0.132. The maximum absolute atomic E-state index is 13.4. The maximum Gasteiger partial charge on any atom is 0.327 e. The summed E-state index contributed by atoms with van der Waals surface area (Å²) in [6, 6.07) is 12.6. The van der Waals surface area contributed by atoms with Gasteiger partial charge in [0, 0.05) is 31.9 Å². The molecule has 0 spiro atoms. The first-order chi connectivity index (χ1) is 18.1. The minimum Gasteiger partial charge on any atom is -0.369 e. The highest BCUT2D eigenvalue weighted by Gasteiger charge is 2.37. The van der Waals surface area contributed by atoms with Gasteiger partial charge >= 0.3 is 11.7 Å². The highest BCUT2D eigenvalue weighted by atomic mass is 16.5. The quantitative estimate of drug-likeness (QED) is 0.554. The molecule has 0 unspecified atom stereocenters. The van der Waals surface area contributed by atoms with Gasteiger partial charge < -0.3 is 19.9 Å². The fraction of sp³-hybridized carbons (Fsp3) is 0.481. The Labute approximate surface area is 214 Å². The molecule has 194 valence electrons. The molecule has 0 bridgehead atoms. The van der Waals surface area contributed by atoms with Gasteiger partial charge in [-0.05, 0) is 49.3 Å². The third-order valence-corrected chi connectivity index (χ3v) is 7.71. The van der Waals surface area contributed by atoms with Crippen molar-refractivity contribution in [2.75, 3.05) is 32.8 Å². The van der Waals surface area contributed by atoms with E-state index in [4.69, 9.17) is 4.74 Å². The Bertz CT molecular complexity index is 1330. The average molecular weight is 505 g/mol. The molecule has 1 aliphatic carbocycles. The maximum atomic E-state index is 13.4. The molecule has 3 aromatic rings. The number of aromatic nitrogens is 3. The van der Waals surface area contributed by atoms with Crippen LogP contribution in [0.15, 0.2) is 53.5 Å². The molecule has 2 N–H and O–H groups in total. The van der Waals surface area contributed by atoms with Gasteiger partial charge in [-0.3, -0.25) is 14.3 Å². The summed E-state index contributed by atoms with van der Waals surface area (Å²) in [5.41, 5.74) is 2.21. The molecular weight excluding hydrogens is 472 g/mol. The first-order valence-corrected chi connectivity index (χ1v) is 13.1. The van der Waals surface area contributed by atoms with Crippen molar-refractivity contribution in [3.05, 3.63) is 64.7 Å². The van der Waals surface area contributed by atoms with E-state index in [-0.39, 0.29) is 36.4 Å². The number of hydrogen-bond donors (Lipinski definition) is 2. The zero-order valence-electron chi connectivity index (χ0n) is 20.7. The topological polar surface area (TPSA) is 113 Å². The Balaban J connectivity index is 1.11. The number of carbonyl (C=O) groups excluding carboxylic acids is 2. The number of fused-ring (bicyclic) bond motifs is 1. The number of amides is 3. The number of imidazole rings is 1. The number of rotatable bonds is 5. The molecule has 6 rings (SSSR count). The molecule has 1 aromatic carbocycles. The lowest BCUT2D eigenvalue weighted by Crippen LogP contribution is -2.54. The van der Waals surface area contributed by atoms with Crippen LogP contribution >= 0.6 is 0 Å². The van der Waals surface area contributed by atoms with Gasteiger partial charge in [0.25, 0.3) is 0 Å². The van der Waals surface area contributed by atoms with Gasteiger partial charge in [0.2, 0.25) is 5.91 Å². The summed E-state index contributed by atoms with van der Waals surface area (Å²) < 4.78 is 7.92. The fourth-order valence-corrected chi connectivity index (χ4v) is 5.48. The second kappa shape index (κ2) is 10.0. The SMILES string of the molecule is O=C(N[C@@H]1CO[C@@H](c2ccccc2)CN(CC2CC2)C1=O)N1CCC(n2c(=O)[nH]c3ncccc32)CC1. The van der Waals surface area contributed by atoms with E-state index in [0.717, 1.165) is 23.9 Å². The van der Waals surface area contributed by atoms with E-state index in [2.05, 4.69) is 15.3 Å². The Morgan fingerprint density at radius 3 is 2.59 bits per heavy atom. The van der Waals surface area contributed by atoms with Crippen molar-refractivity contribution in [1.82, 2.24) is 29.7 Å². The summed E-state index contributed by atoms with van der Waals surface area (Å²) in [4.78, 5) is 49.8. The van der Waals surface area contributed by atoms with Crippen LogP contribution < -0.4 is 11.0 Å². The first-order valence-electron chi connectivity index (χ1n) is 13.1. The summed E-state index contributed by atoms with van der Waals surface area (Å²) in [7, 11) is 0. The van der Waals surface area contributed by atoms with E-state index < -0.39 is 6.04 Å². The third kappa shape index (κ3) is 4.98. The van der Waals surface area contributed by atoms with E-state index >= 15 is 0 Å². The Morgan fingerprint density at radius 2 is 1.84 bits per heavy atom. The molecule has 2 aliphatic heterocycles. The fourth-order valence-electron chi connectivity index (χ4n) is 5.48. The van der Waals surface area contributed by atoms with Crippen LogP contribution in [-0.4, -0.2) is 75.1 Å². The standard InChI is InChI=1S/C27H32N6O4/c34-25-21(17-37-23(19-5-2-1-3-6-19)16-32(25)15-18-8-9-18)29-26(35)31-13-10-20(11-14-31)33-22-7-4-12-28-24(22)30-27(33)36/h1-7,12,18,20-21,23H,8-11,13-17H2,(H,29,35)(H,28,30,36)/t21-,23-/m1/s1. The van der Waals surface area contributed by atoms with Crippen LogP contribution in [-0.2, 0) is 9.53 Å². The number of piperidine rings is 1. The molecule has 0 radical (unpaired) electrons. The van der Waals surface area contributed by atoms with E-state index in [1.807, 2.05) is 47.4 Å². The van der Waals surface area contributed by atoms with E-state index in [1.54, 1.807) is 15.7 Å². The predicted octanol–water partition coefficient (Wildman–Crippen LogP) is 2.45. The Kier molecular flexibility index (Phi) is 6.42. The van der Waals surface area contributed by atoms with Crippen molar-refractivity contribution in [3.63, 3.8) is 0 Å². The number of hydrogen-bond acceptors (Lipinski definition) is 5. The van der Waals surface area contributed by atoms with E-state index in [0.29, 0.717) is 50.6 Å². The van der Waals surface area contributed by atoms with E-state index in [1.165, 1.54) is 0 Å². The molecule has 1 saturated carbocycles. The summed E-state index contributed by atoms with van der Waals surface area (Å²) in [6.07, 6.45) is 5.01. The van der Waals surface area contributed by atoms with Crippen LogP contribution in [0.1, 0.15) is 43.4 Å². The van der Waals surface area contributed by atoms with Gasteiger partial charge in [-0.1, -0.05) is 30.3 Å². The van der Waals surface area contributed by atoms with Gasteiger partial charge in [0.1, 0.15) is 12.1 Å². The minimum absolute atomic E-state index is 0.0157. The van der Waals surface area contributed by atoms with Gasteiger partial charge in [0.15, 0.2) is 5.65 Å². The first kappa shape index (κ1) is 23.7. The highest BCUT2D eigenvalue weighted by Crippen LogP contribution is 2.32. The molecule has 2 aromatic heterocycles. The van der Waals surface area contributed by atoms with Gasteiger partial charge in [-0.15, -0.1) is 0 Å². The molecule has 3 aliphatic rings. The number of aromatic amines is 1. The van der Waals surface area contributed by atoms with Crippen molar-refractivity contribution < 1.29 is 14.3 Å². The monoisotopic (exact) mass is 504 g/mol. The van der Waals surface area contributed by atoms with Crippen LogP contribution in [0.3, 0.4) is 0 Å². The molecule has 3 fully saturated rings. The van der Waals surface area contributed by atoms with E-state index in [9.17, 15) is 14.4 Å². The van der Waals surface area contributed by atoms with Crippen molar-refractivity contribution in [2.45, 2.75) is 43.9 Å². The summed E-state index contributed by atoms with van der Waals surface area (Å²) in [5.74, 6) is 0.461. The molecule has 2 saturated heterocycles. The predicted molar refractivity (Wildman–Crippen MR) is 137 cm³/mol. The molecule has 4 heterocycles. The number of H-pyrrole nitrogens is 1. The van der Waals surface area contributed by atoms with Crippen molar-refractivity contribution >= 4 is 23.1 Å². The normalized spacial score (nSPS) is 23.3. The second-order valence-electron chi connectivity index (χ2n) is 10.3. The summed E-state index contributed by atoms with van der Waals surface area (Å²) in [6.45, 7) is 2.33. The number of carbonyl (C=O) groups is 2. The van der Waals surface area contributed by atoms with Gasteiger partial charge in [-0.2, -0.15) is 0 Å². The summed E-state index contributed by atoms with van der Waals surface area (Å²) in [5, 5.41) is 2.95. The Hall–Kier alpha value is -3.66. The molecule has 2 atom stereocenters. The number of ether oxygens (including phenoxy) is 1. The number of urea groups is 1. The molecule has 10 heteroatoms. The minimum atomic E-state index is -0.722. The largest absolute Gasteiger partial charge is 0.369 e. The number of nitrogens with one attached hydrogen (secondary N) is 2. The molecule has 10 nitrogen and oxygen atoms in total. The smallest absolute Gasteiger partial charge is 0.327 e. The van der Waals surface area contributed by atoms with Crippen molar-refractivity contribution in [3.8, 4) is 0 Å². The zero-order chi connectivity index (χ0) is 25.4. The van der Waals surface area contributed by atoms with Crippen LogP contribution in [0.4, 0.5) is 4.79 Å². The van der Waals surface area contributed by atoms with Crippen LogP contribution in [0, 0.1) is 5.92 Å². The van der Waals surface area contributed by atoms with Gasteiger partial charge in [-0.25, -0.2) is 14.6 Å². The lowest BCUT2D eigenvalue weighted by atomic mass is 10.0. The average Bonchev–Trinajstić information content (AvgIpc) is 3.70. The highest BCUT2D eigenvalue weighted by molar-refractivity contribution is 5.87.